The van der Waals surface area contributed by atoms with Gasteiger partial charge in [-0.3, -0.25) is 19.4 Å². The lowest BCUT2D eigenvalue weighted by Crippen LogP contribution is -2.55. The van der Waals surface area contributed by atoms with Gasteiger partial charge in [0, 0.05) is 12.1 Å². The van der Waals surface area contributed by atoms with E-state index in [2.05, 4.69) is 16.5 Å². The van der Waals surface area contributed by atoms with Crippen LogP contribution in [0.25, 0.3) is 11.0 Å². The molecule has 0 saturated heterocycles. The molecule has 1 aliphatic rings. The van der Waals surface area contributed by atoms with Crippen molar-refractivity contribution in [2.24, 2.45) is 0 Å². The van der Waals surface area contributed by atoms with Crippen LogP contribution < -0.4 is 0 Å². The van der Waals surface area contributed by atoms with E-state index in [0.29, 0.717) is 12.4 Å². The smallest absolute Gasteiger partial charge is 0.317 e. The zero-order chi connectivity index (χ0) is 21.7. The minimum Gasteiger partial charge on any atom is -0.512 e. The van der Waals surface area contributed by atoms with E-state index in [-0.39, 0.29) is 37.5 Å². The van der Waals surface area contributed by atoms with Crippen LogP contribution in [0, 0.1) is 0 Å². The molecule has 1 aromatic carbocycles. The molecule has 1 aliphatic carbocycles. The summed E-state index contributed by atoms with van der Waals surface area (Å²) in [5.41, 5.74) is 1.69. The maximum absolute atomic E-state index is 11.6. The molecule has 0 spiro atoms. The topological polar surface area (TPSA) is 130 Å². The molecule has 1 unspecified atom stereocenters. The van der Waals surface area contributed by atoms with Crippen LogP contribution >= 0.6 is 0 Å². The minimum absolute atomic E-state index is 0.0407. The maximum atomic E-state index is 11.6. The summed E-state index contributed by atoms with van der Waals surface area (Å²) >= 11 is 0. The second kappa shape index (κ2) is 9.73. The number of aromatic amines is 1. The second-order valence-corrected chi connectivity index (χ2v) is 7.78. The van der Waals surface area contributed by atoms with Crippen molar-refractivity contribution in [1.82, 2.24) is 19.8 Å². The SMILES string of the molecule is C=C(O)CN(CC(=O)O)C1CCCC[C@@H]1N(CC(=O)O)Cc1nc2ccccc2[nH]1. The number of para-hydroxylation sites is 2. The molecule has 3 rings (SSSR count). The lowest BCUT2D eigenvalue weighted by Gasteiger charge is -2.44. The van der Waals surface area contributed by atoms with Gasteiger partial charge in [-0.05, 0) is 25.0 Å². The summed E-state index contributed by atoms with van der Waals surface area (Å²) in [6, 6.07) is 7.22. The normalized spacial score (nSPS) is 19.4. The average Bonchev–Trinajstić information content (AvgIpc) is 3.08. The number of aliphatic hydroxyl groups excluding tert-OH is 1. The molecule has 1 aromatic heterocycles. The molecule has 162 valence electrons. The molecule has 1 fully saturated rings. The summed E-state index contributed by atoms with van der Waals surface area (Å²) in [7, 11) is 0. The number of carbonyl (C=O) groups is 2. The van der Waals surface area contributed by atoms with E-state index in [1.807, 2.05) is 29.2 Å². The van der Waals surface area contributed by atoms with Gasteiger partial charge in [-0.15, -0.1) is 0 Å². The number of aromatic nitrogens is 2. The number of hydrogen-bond donors (Lipinski definition) is 4. The number of carboxylic acid groups (broad SMARTS) is 2. The van der Waals surface area contributed by atoms with Crippen molar-refractivity contribution < 1.29 is 24.9 Å². The van der Waals surface area contributed by atoms with Gasteiger partial charge in [-0.25, -0.2) is 4.98 Å². The fraction of sp³-hybridized carbons (Fsp3) is 0.476. The monoisotopic (exact) mass is 416 g/mol. The zero-order valence-corrected chi connectivity index (χ0v) is 16.8. The van der Waals surface area contributed by atoms with Crippen LogP contribution in [0.2, 0.25) is 0 Å². The van der Waals surface area contributed by atoms with Crippen LogP contribution in [-0.4, -0.2) is 78.7 Å². The predicted molar refractivity (Wildman–Crippen MR) is 111 cm³/mol. The molecule has 2 aromatic rings. The highest BCUT2D eigenvalue weighted by Gasteiger charge is 2.36. The van der Waals surface area contributed by atoms with Crippen molar-refractivity contribution in [2.75, 3.05) is 19.6 Å². The molecule has 9 nitrogen and oxygen atoms in total. The number of carboxylic acids is 2. The van der Waals surface area contributed by atoms with Gasteiger partial charge in [0.2, 0.25) is 0 Å². The summed E-state index contributed by atoms with van der Waals surface area (Å²) in [6.45, 7) is 3.43. The average molecular weight is 416 g/mol. The lowest BCUT2D eigenvalue weighted by atomic mass is 9.87. The molecule has 0 radical (unpaired) electrons. The van der Waals surface area contributed by atoms with E-state index in [1.165, 1.54) is 0 Å². The van der Waals surface area contributed by atoms with Crippen molar-refractivity contribution in [2.45, 2.75) is 44.3 Å². The number of imidazole rings is 1. The van der Waals surface area contributed by atoms with Gasteiger partial charge in [-0.2, -0.15) is 0 Å². The number of hydrogen-bond acceptors (Lipinski definition) is 6. The number of fused-ring (bicyclic) bond motifs is 1. The highest BCUT2D eigenvalue weighted by molar-refractivity contribution is 5.74. The van der Waals surface area contributed by atoms with Crippen molar-refractivity contribution in [3.8, 4) is 0 Å². The van der Waals surface area contributed by atoms with E-state index in [4.69, 9.17) is 0 Å². The first-order chi connectivity index (χ1) is 14.3. The molecule has 4 N–H and O–H groups in total. The van der Waals surface area contributed by atoms with Crippen LogP contribution in [-0.2, 0) is 16.1 Å². The Kier molecular flexibility index (Phi) is 7.07. The van der Waals surface area contributed by atoms with Gasteiger partial charge in [0.05, 0.1) is 43.0 Å². The molecule has 1 saturated carbocycles. The molecule has 1 heterocycles. The zero-order valence-electron chi connectivity index (χ0n) is 16.8. The van der Waals surface area contributed by atoms with Crippen LogP contribution in [0.5, 0.6) is 0 Å². The molecule has 0 bridgehead atoms. The predicted octanol–water partition coefficient (Wildman–Crippen LogP) is 2.22. The van der Waals surface area contributed by atoms with Gasteiger partial charge in [0.25, 0.3) is 0 Å². The summed E-state index contributed by atoms with van der Waals surface area (Å²) in [5.74, 6) is -1.39. The van der Waals surface area contributed by atoms with Gasteiger partial charge in [0.1, 0.15) is 5.82 Å². The Morgan fingerprint density at radius 3 is 2.20 bits per heavy atom. The Balaban J connectivity index is 1.87. The van der Waals surface area contributed by atoms with Crippen molar-refractivity contribution in [3.63, 3.8) is 0 Å². The Labute approximate surface area is 174 Å². The maximum Gasteiger partial charge on any atom is 0.317 e. The summed E-state index contributed by atoms with van der Waals surface area (Å²) < 4.78 is 0. The molecule has 30 heavy (non-hydrogen) atoms. The van der Waals surface area contributed by atoms with E-state index in [9.17, 15) is 24.9 Å². The number of rotatable bonds is 10. The highest BCUT2D eigenvalue weighted by Crippen LogP contribution is 2.29. The minimum atomic E-state index is -0.998. The van der Waals surface area contributed by atoms with Gasteiger partial charge < -0.3 is 20.3 Å². The Morgan fingerprint density at radius 2 is 1.60 bits per heavy atom. The van der Waals surface area contributed by atoms with Gasteiger partial charge in [0.15, 0.2) is 0 Å². The van der Waals surface area contributed by atoms with Gasteiger partial charge in [-0.1, -0.05) is 31.6 Å². The van der Waals surface area contributed by atoms with Gasteiger partial charge >= 0.3 is 11.9 Å². The summed E-state index contributed by atoms with van der Waals surface area (Å²) in [6.07, 6.45) is 3.31. The molecule has 0 aliphatic heterocycles. The molecule has 9 heteroatoms. The van der Waals surface area contributed by atoms with E-state index < -0.39 is 11.9 Å². The van der Waals surface area contributed by atoms with Crippen molar-refractivity contribution in [3.05, 3.63) is 42.4 Å². The second-order valence-electron chi connectivity index (χ2n) is 7.78. The third-order valence-electron chi connectivity index (χ3n) is 5.49. The number of aliphatic carboxylic acids is 2. The quantitative estimate of drug-likeness (QED) is 0.434. The number of nitrogens with one attached hydrogen (secondary N) is 1. The number of benzene rings is 1. The fourth-order valence-corrected chi connectivity index (χ4v) is 4.38. The van der Waals surface area contributed by atoms with E-state index in [1.54, 1.807) is 4.90 Å². The van der Waals surface area contributed by atoms with Crippen LogP contribution in [0.15, 0.2) is 36.6 Å². The Bertz CT molecular complexity index is 863. The largest absolute Gasteiger partial charge is 0.512 e. The first-order valence-electron chi connectivity index (χ1n) is 10.1. The third kappa shape index (κ3) is 5.58. The summed E-state index contributed by atoms with van der Waals surface area (Å²) in [4.78, 5) is 34.4. The van der Waals surface area contributed by atoms with E-state index in [0.717, 1.165) is 36.7 Å². The Hall–Kier alpha value is -2.91. The number of H-pyrrole nitrogens is 1. The lowest BCUT2D eigenvalue weighted by molar-refractivity contribution is -0.142. The van der Waals surface area contributed by atoms with Crippen LogP contribution in [0.3, 0.4) is 0 Å². The molecule has 2 atom stereocenters. The number of aliphatic hydroxyl groups is 1. The Morgan fingerprint density at radius 1 is 1.00 bits per heavy atom. The highest BCUT2D eigenvalue weighted by atomic mass is 16.4. The fourth-order valence-electron chi connectivity index (χ4n) is 4.38. The summed E-state index contributed by atoms with van der Waals surface area (Å²) in [5, 5.41) is 28.6. The van der Waals surface area contributed by atoms with Crippen molar-refractivity contribution in [1.29, 1.82) is 0 Å². The van der Waals surface area contributed by atoms with Crippen LogP contribution in [0.1, 0.15) is 31.5 Å². The first-order valence-corrected chi connectivity index (χ1v) is 10.1. The third-order valence-corrected chi connectivity index (χ3v) is 5.49. The van der Waals surface area contributed by atoms with Crippen LogP contribution in [0.4, 0.5) is 0 Å². The molecule has 0 amide bonds. The molecular formula is C21H28N4O5. The number of nitrogens with zero attached hydrogens (tertiary/aromatic N) is 3. The van der Waals surface area contributed by atoms with E-state index >= 15 is 0 Å². The van der Waals surface area contributed by atoms with Crippen molar-refractivity contribution >= 4 is 23.0 Å². The first kappa shape index (κ1) is 21.8. The molecular weight excluding hydrogens is 388 g/mol. The standard InChI is InChI=1S/C21H28N4O5/c1-14(26)10-24(12-20(27)28)17-8-4-5-9-18(17)25(13-21(29)30)11-19-22-15-6-2-3-7-16(15)23-19/h2-3,6-7,17-18,26H,1,4-5,8-13H2,(H,22,23)(H,27,28)(H,29,30)/t17?,18-/m0/s1.